The lowest BCUT2D eigenvalue weighted by Crippen LogP contribution is -3.13. The average Bonchev–Trinajstić information content (AvgIpc) is 3.33. The number of amides is 1. The van der Waals surface area contributed by atoms with Gasteiger partial charge in [0.25, 0.3) is 0 Å². The summed E-state index contributed by atoms with van der Waals surface area (Å²) in [7, 11) is 3.37. The molecule has 0 bridgehead atoms. The first-order valence-electron chi connectivity index (χ1n) is 11.5. The smallest absolute Gasteiger partial charge is 0.223 e. The van der Waals surface area contributed by atoms with Crippen LogP contribution in [0.1, 0.15) is 55.3 Å². The second kappa shape index (κ2) is 9.73. The third-order valence-corrected chi connectivity index (χ3v) is 7.01. The number of benzene rings is 2. The van der Waals surface area contributed by atoms with Gasteiger partial charge in [0.05, 0.1) is 26.8 Å². The van der Waals surface area contributed by atoms with E-state index in [1.54, 1.807) is 14.2 Å². The second-order valence-corrected chi connectivity index (χ2v) is 8.98. The van der Waals surface area contributed by atoms with Crippen molar-refractivity contribution in [2.24, 2.45) is 5.92 Å². The molecule has 0 saturated heterocycles. The fourth-order valence-electron chi connectivity index (χ4n) is 5.41. The summed E-state index contributed by atoms with van der Waals surface area (Å²) in [4.78, 5) is 14.4. The van der Waals surface area contributed by atoms with Crippen LogP contribution in [0.4, 0.5) is 0 Å². The van der Waals surface area contributed by atoms with E-state index in [9.17, 15) is 4.79 Å². The number of hydrogen-bond acceptors (Lipinski definition) is 3. The van der Waals surface area contributed by atoms with Gasteiger partial charge in [0.2, 0.25) is 5.91 Å². The van der Waals surface area contributed by atoms with Crippen molar-refractivity contribution >= 4 is 5.91 Å². The third kappa shape index (κ3) is 4.72. The van der Waals surface area contributed by atoms with Gasteiger partial charge in [-0.2, -0.15) is 0 Å². The van der Waals surface area contributed by atoms with E-state index in [0.29, 0.717) is 0 Å². The molecule has 0 radical (unpaired) electrons. The van der Waals surface area contributed by atoms with Crippen LogP contribution in [0.15, 0.2) is 42.5 Å². The molecule has 5 heteroatoms. The summed E-state index contributed by atoms with van der Waals surface area (Å²) in [5.74, 6) is 1.92. The first-order valence-corrected chi connectivity index (χ1v) is 11.5. The Labute approximate surface area is 185 Å². The molecule has 2 aromatic rings. The SMILES string of the molecule is COc1cc2c(cc1OC)[C@H]([C@H](C)NC(=O)C1CCCC1)[NH+](Cc1ccccc1)CC2. The number of hydrogen-bond donors (Lipinski definition) is 2. The van der Waals surface area contributed by atoms with Gasteiger partial charge in [-0.1, -0.05) is 43.2 Å². The number of quaternary nitrogens is 1. The van der Waals surface area contributed by atoms with Crippen molar-refractivity contribution in [2.75, 3.05) is 20.8 Å². The molecule has 1 heterocycles. The van der Waals surface area contributed by atoms with Crippen LogP contribution in [0.2, 0.25) is 0 Å². The molecule has 31 heavy (non-hydrogen) atoms. The molecule has 1 unspecified atom stereocenters. The monoisotopic (exact) mass is 423 g/mol. The minimum Gasteiger partial charge on any atom is -0.493 e. The van der Waals surface area contributed by atoms with Crippen LogP contribution in [0, 0.1) is 5.92 Å². The van der Waals surface area contributed by atoms with Gasteiger partial charge < -0.3 is 19.7 Å². The topological polar surface area (TPSA) is 52.0 Å². The molecule has 2 aromatic carbocycles. The minimum absolute atomic E-state index is 0.0314. The van der Waals surface area contributed by atoms with Gasteiger partial charge in [-0.15, -0.1) is 0 Å². The highest BCUT2D eigenvalue weighted by atomic mass is 16.5. The molecular formula is C26H35N2O3+. The average molecular weight is 424 g/mol. The summed E-state index contributed by atoms with van der Waals surface area (Å²) in [6, 6.07) is 15.1. The van der Waals surface area contributed by atoms with E-state index in [-0.39, 0.29) is 23.9 Å². The van der Waals surface area contributed by atoms with Crippen molar-refractivity contribution in [3.8, 4) is 11.5 Å². The highest BCUT2D eigenvalue weighted by Crippen LogP contribution is 2.35. The first kappa shape index (κ1) is 21.7. The van der Waals surface area contributed by atoms with E-state index in [2.05, 4.69) is 54.7 Å². The van der Waals surface area contributed by atoms with Gasteiger partial charge in [-0.25, -0.2) is 0 Å². The van der Waals surface area contributed by atoms with Crippen molar-refractivity contribution in [2.45, 2.75) is 57.7 Å². The van der Waals surface area contributed by atoms with E-state index >= 15 is 0 Å². The standard InChI is InChI=1S/C26H34N2O3/c1-18(27-26(29)20-11-7-8-12-20)25-22-16-24(31-3)23(30-2)15-21(22)13-14-28(25)17-19-9-5-4-6-10-19/h4-6,9-10,15-16,18,20,25H,7-8,11-14,17H2,1-3H3,(H,27,29)/p+1/t18-,25-/m0/s1. The second-order valence-electron chi connectivity index (χ2n) is 8.98. The lowest BCUT2D eigenvalue weighted by Gasteiger charge is -2.38. The van der Waals surface area contributed by atoms with E-state index < -0.39 is 0 Å². The van der Waals surface area contributed by atoms with Crippen LogP contribution in [0.3, 0.4) is 0 Å². The Morgan fingerprint density at radius 1 is 1.10 bits per heavy atom. The van der Waals surface area contributed by atoms with E-state index in [4.69, 9.17) is 9.47 Å². The largest absolute Gasteiger partial charge is 0.493 e. The Balaban J connectivity index is 1.65. The Bertz CT molecular complexity index is 893. The maximum Gasteiger partial charge on any atom is 0.223 e. The van der Waals surface area contributed by atoms with Crippen molar-refractivity contribution in [1.82, 2.24) is 5.32 Å². The predicted molar refractivity (Wildman–Crippen MR) is 122 cm³/mol. The molecule has 1 aliphatic heterocycles. The molecule has 1 saturated carbocycles. The number of carbonyl (C=O) groups excluding carboxylic acids is 1. The Kier molecular flexibility index (Phi) is 6.81. The van der Waals surface area contributed by atoms with E-state index in [1.807, 2.05) is 0 Å². The van der Waals surface area contributed by atoms with Gasteiger partial charge in [-0.05, 0) is 37.5 Å². The lowest BCUT2D eigenvalue weighted by molar-refractivity contribution is -0.948. The maximum absolute atomic E-state index is 12.9. The number of methoxy groups -OCH3 is 2. The van der Waals surface area contributed by atoms with Crippen LogP contribution in [-0.4, -0.2) is 32.7 Å². The van der Waals surface area contributed by atoms with Crippen molar-refractivity contribution < 1.29 is 19.2 Å². The Morgan fingerprint density at radius 3 is 2.45 bits per heavy atom. The summed E-state index contributed by atoms with van der Waals surface area (Å²) < 4.78 is 11.2. The number of ether oxygens (including phenoxy) is 2. The van der Waals surface area contributed by atoms with Gasteiger partial charge in [-0.3, -0.25) is 4.79 Å². The summed E-state index contributed by atoms with van der Waals surface area (Å²) >= 11 is 0. The molecule has 166 valence electrons. The van der Waals surface area contributed by atoms with Gasteiger partial charge >= 0.3 is 0 Å². The number of fused-ring (bicyclic) bond motifs is 1. The fourth-order valence-corrected chi connectivity index (χ4v) is 5.41. The Hall–Kier alpha value is -2.53. The van der Waals surface area contributed by atoms with Crippen LogP contribution in [-0.2, 0) is 17.8 Å². The first-order chi connectivity index (χ1) is 15.1. The van der Waals surface area contributed by atoms with Crippen molar-refractivity contribution in [1.29, 1.82) is 0 Å². The van der Waals surface area contributed by atoms with Gasteiger partial charge in [0.15, 0.2) is 11.5 Å². The quantitative estimate of drug-likeness (QED) is 0.720. The van der Waals surface area contributed by atoms with Gasteiger partial charge in [0.1, 0.15) is 12.6 Å². The highest BCUT2D eigenvalue weighted by molar-refractivity contribution is 5.79. The van der Waals surface area contributed by atoms with Crippen LogP contribution in [0.25, 0.3) is 0 Å². The molecule has 4 rings (SSSR count). The number of nitrogens with one attached hydrogen (secondary N) is 2. The molecule has 2 N–H and O–H groups in total. The predicted octanol–water partition coefficient (Wildman–Crippen LogP) is 3.08. The molecule has 3 atom stereocenters. The van der Waals surface area contributed by atoms with E-state index in [1.165, 1.54) is 34.4 Å². The molecule has 0 spiro atoms. The molecule has 5 nitrogen and oxygen atoms in total. The van der Waals surface area contributed by atoms with Crippen molar-refractivity contribution in [3.05, 3.63) is 59.2 Å². The zero-order valence-electron chi connectivity index (χ0n) is 18.9. The molecule has 1 aliphatic carbocycles. The summed E-state index contributed by atoms with van der Waals surface area (Å²) in [6.07, 6.45) is 5.36. The fraction of sp³-hybridized carbons (Fsp3) is 0.500. The molecule has 2 aliphatic rings. The molecule has 0 aromatic heterocycles. The number of carbonyl (C=O) groups is 1. The number of rotatable bonds is 7. The molecule has 1 fully saturated rings. The Morgan fingerprint density at radius 2 is 1.77 bits per heavy atom. The van der Waals surface area contributed by atoms with Crippen LogP contribution < -0.4 is 19.7 Å². The zero-order chi connectivity index (χ0) is 21.8. The lowest BCUT2D eigenvalue weighted by atomic mass is 9.87. The summed E-state index contributed by atoms with van der Waals surface area (Å²) in [6.45, 7) is 4.11. The normalized spacial score (nSPS) is 21.9. The van der Waals surface area contributed by atoms with Crippen LogP contribution in [0.5, 0.6) is 11.5 Å². The highest BCUT2D eigenvalue weighted by Gasteiger charge is 2.38. The molecular weight excluding hydrogens is 388 g/mol. The zero-order valence-corrected chi connectivity index (χ0v) is 18.9. The van der Waals surface area contributed by atoms with Gasteiger partial charge in [0, 0.05) is 23.5 Å². The summed E-state index contributed by atoms with van der Waals surface area (Å²) in [5.41, 5.74) is 3.87. The van der Waals surface area contributed by atoms with E-state index in [0.717, 1.165) is 43.9 Å². The molecule has 1 amide bonds. The minimum atomic E-state index is 0.0314. The summed E-state index contributed by atoms with van der Waals surface area (Å²) in [5, 5.41) is 3.38. The third-order valence-electron chi connectivity index (χ3n) is 7.01. The maximum atomic E-state index is 12.9. The van der Waals surface area contributed by atoms with Crippen LogP contribution >= 0.6 is 0 Å². The van der Waals surface area contributed by atoms with Crippen molar-refractivity contribution in [3.63, 3.8) is 0 Å².